The van der Waals surface area contributed by atoms with E-state index in [1.54, 1.807) is 18.2 Å². The van der Waals surface area contributed by atoms with E-state index in [0.717, 1.165) is 32.1 Å². The van der Waals surface area contributed by atoms with Crippen LogP contribution in [0.2, 0.25) is 0 Å². The van der Waals surface area contributed by atoms with Crippen LogP contribution >= 0.6 is 0 Å². The second-order valence-electron chi connectivity index (χ2n) is 9.99. The van der Waals surface area contributed by atoms with Crippen LogP contribution in [0.3, 0.4) is 0 Å². The van der Waals surface area contributed by atoms with Gasteiger partial charge in [-0.3, -0.25) is 4.79 Å². The first-order chi connectivity index (χ1) is 16.9. The topological polar surface area (TPSA) is 35.5 Å². The number of carbonyl (C=O) groups is 1. The van der Waals surface area contributed by atoms with Crippen molar-refractivity contribution in [3.8, 4) is 11.5 Å². The minimum Gasteiger partial charge on any atom is -0.494 e. The molecule has 0 unspecified atom stereocenters. The second kappa shape index (κ2) is 11.5. The molecule has 2 aromatic carbocycles. The molecule has 4 rings (SSSR count). The SMILES string of the molecule is CCOc1ccc(C2CCC(C(=O)Oc3ccc(C4CCC(CC)CC4)c(F)c3F)CC2)c(F)c1. The number of ether oxygens (including phenoxy) is 2. The maximum atomic E-state index is 14.9. The molecule has 35 heavy (non-hydrogen) atoms. The van der Waals surface area contributed by atoms with E-state index < -0.39 is 23.5 Å². The van der Waals surface area contributed by atoms with Gasteiger partial charge in [-0.15, -0.1) is 0 Å². The molecule has 2 fully saturated rings. The van der Waals surface area contributed by atoms with Gasteiger partial charge >= 0.3 is 5.97 Å². The van der Waals surface area contributed by atoms with Crippen molar-refractivity contribution in [2.24, 2.45) is 11.8 Å². The number of rotatable bonds is 7. The molecule has 190 valence electrons. The van der Waals surface area contributed by atoms with E-state index in [1.807, 2.05) is 6.92 Å². The lowest BCUT2D eigenvalue weighted by Gasteiger charge is -2.29. The molecule has 0 atom stereocenters. The number of esters is 1. The van der Waals surface area contributed by atoms with Crippen LogP contribution in [-0.4, -0.2) is 12.6 Å². The summed E-state index contributed by atoms with van der Waals surface area (Å²) in [5.74, 6) is -2.42. The van der Waals surface area contributed by atoms with Gasteiger partial charge in [0, 0.05) is 6.07 Å². The van der Waals surface area contributed by atoms with Gasteiger partial charge in [0.25, 0.3) is 0 Å². The van der Waals surface area contributed by atoms with E-state index in [-0.39, 0.29) is 23.4 Å². The Bertz CT molecular complexity index is 1020. The van der Waals surface area contributed by atoms with Crippen LogP contribution in [0.15, 0.2) is 30.3 Å². The Hall–Kier alpha value is -2.50. The van der Waals surface area contributed by atoms with E-state index in [2.05, 4.69) is 6.92 Å². The quantitative estimate of drug-likeness (QED) is 0.292. The van der Waals surface area contributed by atoms with Crippen molar-refractivity contribution in [2.75, 3.05) is 6.61 Å². The Morgan fingerprint density at radius 1 is 0.829 bits per heavy atom. The zero-order chi connectivity index (χ0) is 24.9. The third kappa shape index (κ3) is 5.84. The molecule has 6 heteroatoms. The monoisotopic (exact) mass is 488 g/mol. The molecule has 2 aromatic rings. The maximum absolute atomic E-state index is 14.9. The van der Waals surface area contributed by atoms with Crippen LogP contribution in [0, 0.1) is 29.3 Å². The molecule has 0 saturated heterocycles. The molecule has 0 aliphatic heterocycles. The number of carbonyl (C=O) groups excluding carboxylic acids is 1. The van der Waals surface area contributed by atoms with E-state index in [1.165, 1.54) is 12.1 Å². The number of benzene rings is 2. The van der Waals surface area contributed by atoms with Gasteiger partial charge < -0.3 is 9.47 Å². The Morgan fingerprint density at radius 2 is 1.46 bits per heavy atom. The van der Waals surface area contributed by atoms with Gasteiger partial charge in [-0.05, 0) is 99.3 Å². The van der Waals surface area contributed by atoms with Crippen molar-refractivity contribution in [1.29, 1.82) is 0 Å². The zero-order valence-electron chi connectivity index (χ0n) is 20.6. The maximum Gasteiger partial charge on any atom is 0.314 e. The first-order valence-electron chi connectivity index (χ1n) is 13.0. The van der Waals surface area contributed by atoms with Crippen molar-refractivity contribution < 1.29 is 27.4 Å². The highest BCUT2D eigenvalue weighted by Crippen LogP contribution is 2.41. The fourth-order valence-corrected chi connectivity index (χ4v) is 5.75. The van der Waals surface area contributed by atoms with Crippen LogP contribution in [0.1, 0.15) is 94.6 Å². The number of halogens is 3. The lowest BCUT2D eigenvalue weighted by atomic mass is 9.77. The molecular formula is C29H35F3O3. The Morgan fingerprint density at radius 3 is 2.09 bits per heavy atom. The highest BCUT2D eigenvalue weighted by atomic mass is 19.2. The third-order valence-corrected chi connectivity index (χ3v) is 7.93. The summed E-state index contributed by atoms with van der Waals surface area (Å²) in [5.41, 5.74) is 1.01. The van der Waals surface area contributed by atoms with Gasteiger partial charge in [-0.2, -0.15) is 4.39 Å². The summed E-state index contributed by atoms with van der Waals surface area (Å²) in [7, 11) is 0. The molecule has 0 spiro atoms. The van der Waals surface area contributed by atoms with Crippen molar-refractivity contribution in [3.05, 3.63) is 58.9 Å². The van der Waals surface area contributed by atoms with E-state index in [0.29, 0.717) is 55.1 Å². The normalized spacial score (nSPS) is 24.7. The van der Waals surface area contributed by atoms with Crippen molar-refractivity contribution in [1.82, 2.24) is 0 Å². The Kier molecular flexibility index (Phi) is 8.40. The summed E-state index contributed by atoms with van der Waals surface area (Å²) in [6.45, 7) is 4.48. The van der Waals surface area contributed by atoms with Crippen molar-refractivity contribution in [2.45, 2.75) is 83.5 Å². The highest BCUT2D eigenvalue weighted by molar-refractivity contribution is 5.75. The number of hydrogen-bond donors (Lipinski definition) is 0. The fraction of sp³-hybridized carbons (Fsp3) is 0.552. The molecule has 0 N–H and O–H groups in total. The van der Waals surface area contributed by atoms with E-state index >= 15 is 0 Å². The minimum atomic E-state index is -1.08. The molecule has 0 radical (unpaired) electrons. The van der Waals surface area contributed by atoms with Crippen LogP contribution < -0.4 is 9.47 Å². The standard InChI is InChI=1S/C29H35F3O3/c1-3-18-5-7-20(8-6-18)24-15-16-26(28(32)27(24)31)35-29(33)21-11-9-19(10-12-21)23-14-13-22(34-4-2)17-25(23)30/h13-21H,3-12H2,1-2H3. The van der Waals surface area contributed by atoms with Gasteiger partial charge in [-0.1, -0.05) is 25.5 Å². The Balaban J connectivity index is 1.34. The highest BCUT2D eigenvalue weighted by Gasteiger charge is 2.31. The van der Waals surface area contributed by atoms with Gasteiger partial charge in [0.2, 0.25) is 5.82 Å². The molecular weight excluding hydrogens is 453 g/mol. The van der Waals surface area contributed by atoms with Crippen LogP contribution in [0.25, 0.3) is 0 Å². The van der Waals surface area contributed by atoms with Crippen LogP contribution in [-0.2, 0) is 4.79 Å². The summed E-state index contributed by atoms with van der Waals surface area (Å²) < 4.78 is 54.8. The zero-order valence-corrected chi connectivity index (χ0v) is 20.6. The predicted octanol–water partition coefficient (Wildman–Crippen LogP) is 8.07. The van der Waals surface area contributed by atoms with E-state index in [9.17, 15) is 18.0 Å². The first-order valence-corrected chi connectivity index (χ1v) is 13.0. The van der Waals surface area contributed by atoms with Crippen molar-refractivity contribution >= 4 is 5.97 Å². The fourth-order valence-electron chi connectivity index (χ4n) is 5.75. The van der Waals surface area contributed by atoms with Gasteiger partial charge in [0.05, 0.1) is 12.5 Å². The molecule has 0 amide bonds. The molecule has 3 nitrogen and oxygen atoms in total. The lowest BCUT2D eigenvalue weighted by Crippen LogP contribution is -2.26. The second-order valence-corrected chi connectivity index (χ2v) is 9.99. The average Bonchev–Trinajstić information content (AvgIpc) is 2.87. The Labute approximate surface area is 206 Å². The summed E-state index contributed by atoms with van der Waals surface area (Å²) in [4.78, 5) is 12.7. The molecule has 0 heterocycles. The molecule has 2 saturated carbocycles. The first kappa shape index (κ1) is 25.6. The summed E-state index contributed by atoms with van der Waals surface area (Å²) in [6.07, 6.45) is 7.16. The summed E-state index contributed by atoms with van der Waals surface area (Å²) in [6, 6.07) is 7.87. The largest absolute Gasteiger partial charge is 0.494 e. The molecule has 2 aliphatic carbocycles. The lowest BCUT2D eigenvalue weighted by molar-refractivity contribution is -0.140. The molecule has 2 aliphatic rings. The van der Waals surface area contributed by atoms with Crippen LogP contribution in [0.5, 0.6) is 11.5 Å². The third-order valence-electron chi connectivity index (χ3n) is 7.93. The molecule has 0 aromatic heterocycles. The van der Waals surface area contributed by atoms with E-state index in [4.69, 9.17) is 9.47 Å². The summed E-state index contributed by atoms with van der Waals surface area (Å²) in [5, 5.41) is 0. The van der Waals surface area contributed by atoms with Gasteiger partial charge in [-0.25, -0.2) is 8.78 Å². The van der Waals surface area contributed by atoms with Gasteiger partial charge in [0.15, 0.2) is 11.6 Å². The van der Waals surface area contributed by atoms with Crippen molar-refractivity contribution in [3.63, 3.8) is 0 Å². The number of hydrogen-bond acceptors (Lipinski definition) is 3. The minimum absolute atomic E-state index is 0.00555. The summed E-state index contributed by atoms with van der Waals surface area (Å²) >= 11 is 0. The molecule has 0 bridgehead atoms. The predicted molar refractivity (Wildman–Crippen MR) is 129 cm³/mol. The average molecular weight is 489 g/mol. The van der Waals surface area contributed by atoms with Crippen LogP contribution in [0.4, 0.5) is 13.2 Å². The van der Waals surface area contributed by atoms with Gasteiger partial charge in [0.1, 0.15) is 11.6 Å². The smallest absolute Gasteiger partial charge is 0.314 e.